The van der Waals surface area contributed by atoms with E-state index in [1.165, 1.54) is 25.9 Å². The molecule has 2 rings (SSSR count). The Hall–Kier alpha value is -1.56. The third-order valence-electron chi connectivity index (χ3n) is 4.90. The monoisotopic (exact) mass is 348 g/mol. The van der Waals surface area contributed by atoms with Gasteiger partial charge in [-0.05, 0) is 58.6 Å². The van der Waals surface area contributed by atoms with E-state index < -0.39 is 0 Å². The zero-order valence-electron chi connectivity index (χ0n) is 16.5. The predicted molar refractivity (Wildman–Crippen MR) is 105 cm³/mol. The maximum absolute atomic E-state index is 4.85. The number of nitrogens with one attached hydrogen (secondary N) is 2. The van der Waals surface area contributed by atoms with Gasteiger partial charge in [0.15, 0.2) is 5.96 Å². The van der Waals surface area contributed by atoms with Gasteiger partial charge in [0.1, 0.15) is 0 Å². The molecule has 1 atom stereocenters. The minimum absolute atomic E-state index is 0.103. The van der Waals surface area contributed by atoms with E-state index in [1.54, 1.807) is 0 Å². The zero-order valence-corrected chi connectivity index (χ0v) is 16.5. The molecule has 6 nitrogen and oxygen atoms in total. The second-order valence-corrected chi connectivity index (χ2v) is 7.75. The summed E-state index contributed by atoms with van der Waals surface area (Å²) in [4.78, 5) is 7.45. The first-order valence-electron chi connectivity index (χ1n) is 9.76. The highest BCUT2D eigenvalue weighted by atomic mass is 15.3. The molecule has 2 N–H and O–H groups in total. The first-order chi connectivity index (χ1) is 12.0. The second kappa shape index (κ2) is 9.80. The van der Waals surface area contributed by atoms with Gasteiger partial charge < -0.3 is 10.6 Å². The van der Waals surface area contributed by atoms with E-state index in [0.717, 1.165) is 44.5 Å². The van der Waals surface area contributed by atoms with Crippen LogP contribution in [0.3, 0.4) is 0 Å². The highest BCUT2D eigenvalue weighted by Crippen LogP contribution is 2.23. The fraction of sp³-hybridized carbons (Fsp3) is 0.789. The summed E-state index contributed by atoms with van der Waals surface area (Å²) in [6, 6.07) is 1.96. The third kappa shape index (κ3) is 6.69. The molecule has 1 aromatic heterocycles. The number of aromatic nitrogens is 2. The van der Waals surface area contributed by atoms with E-state index in [9.17, 15) is 0 Å². The number of piperidine rings is 1. The lowest BCUT2D eigenvalue weighted by molar-refractivity contribution is 0.0774. The normalized spacial score (nSPS) is 19.8. The predicted octanol–water partition coefficient (Wildman–Crippen LogP) is 2.34. The van der Waals surface area contributed by atoms with Gasteiger partial charge in [0.2, 0.25) is 0 Å². The molecule has 0 spiro atoms. The van der Waals surface area contributed by atoms with Crippen molar-refractivity contribution in [3.05, 3.63) is 18.5 Å². The second-order valence-electron chi connectivity index (χ2n) is 7.75. The molecule has 6 heteroatoms. The Balaban J connectivity index is 1.80. The number of aryl methyl sites for hydroxylation is 1. The Labute approximate surface area is 153 Å². The third-order valence-corrected chi connectivity index (χ3v) is 4.90. The maximum atomic E-state index is 4.85. The molecule has 0 aromatic carbocycles. The Bertz CT molecular complexity index is 508. The van der Waals surface area contributed by atoms with Crippen molar-refractivity contribution >= 4 is 5.96 Å². The van der Waals surface area contributed by atoms with E-state index in [4.69, 9.17) is 4.99 Å². The first-order valence-corrected chi connectivity index (χ1v) is 9.76. The minimum Gasteiger partial charge on any atom is -0.357 e. The van der Waals surface area contributed by atoms with E-state index >= 15 is 0 Å². The summed E-state index contributed by atoms with van der Waals surface area (Å²) in [6.07, 6.45) is 7.51. The highest BCUT2D eigenvalue weighted by molar-refractivity contribution is 5.79. The van der Waals surface area contributed by atoms with Crippen LogP contribution in [0.4, 0.5) is 0 Å². The number of rotatable bonds is 8. The SMILES string of the molecule is CCNC(=NCC(C)(C)N1CCCC(C)C1)NCCCn1cccn1. The fourth-order valence-electron chi connectivity index (χ4n) is 3.33. The summed E-state index contributed by atoms with van der Waals surface area (Å²) >= 11 is 0. The van der Waals surface area contributed by atoms with Crippen molar-refractivity contribution in [1.82, 2.24) is 25.3 Å². The maximum Gasteiger partial charge on any atom is 0.191 e. The summed E-state index contributed by atoms with van der Waals surface area (Å²) in [5, 5.41) is 11.0. The van der Waals surface area contributed by atoms with E-state index in [0.29, 0.717) is 0 Å². The van der Waals surface area contributed by atoms with Crippen LogP contribution in [-0.4, -0.2) is 58.9 Å². The summed E-state index contributed by atoms with van der Waals surface area (Å²) in [5.41, 5.74) is 0.103. The van der Waals surface area contributed by atoms with Crippen LogP contribution < -0.4 is 10.6 Å². The quantitative estimate of drug-likeness (QED) is 0.430. The minimum atomic E-state index is 0.103. The zero-order chi connectivity index (χ0) is 18.1. The number of nitrogens with zero attached hydrogens (tertiary/aromatic N) is 4. The Kier molecular flexibility index (Phi) is 7.75. The van der Waals surface area contributed by atoms with Crippen LogP contribution in [-0.2, 0) is 6.54 Å². The van der Waals surface area contributed by atoms with Gasteiger partial charge in [-0.15, -0.1) is 0 Å². The largest absolute Gasteiger partial charge is 0.357 e. The van der Waals surface area contributed by atoms with Crippen LogP contribution in [0.1, 0.15) is 47.0 Å². The number of hydrogen-bond donors (Lipinski definition) is 2. The number of aliphatic imine (C=N–C) groups is 1. The van der Waals surface area contributed by atoms with Crippen LogP contribution in [0.25, 0.3) is 0 Å². The Morgan fingerprint density at radius 2 is 2.20 bits per heavy atom. The molecule has 0 bridgehead atoms. The molecular weight excluding hydrogens is 312 g/mol. The topological polar surface area (TPSA) is 57.5 Å². The molecule has 1 fully saturated rings. The van der Waals surface area contributed by atoms with Gasteiger partial charge in [0.05, 0.1) is 6.54 Å². The van der Waals surface area contributed by atoms with Crippen molar-refractivity contribution in [2.24, 2.45) is 10.9 Å². The Morgan fingerprint density at radius 1 is 1.36 bits per heavy atom. The van der Waals surface area contributed by atoms with Crippen molar-refractivity contribution in [3.63, 3.8) is 0 Å². The molecule has 0 amide bonds. The fourth-order valence-corrected chi connectivity index (χ4v) is 3.33. The van der Waals surface area contributed by atoms with Crippen molar-refractivity contribution in [3.8, 4) is 0 Å². The summed E-state index contributed by atoms with van der Waals surface area (Å²) in [7, 11) is 0. The van der Waals surface area contributed by atoms with Gasteiger partial charge in [-0.1, -0.05) is 6.92 Å². The van der Waals surface area contributed by atoms with Crippen molar-refractivity contribution in [1.29, 1.82) is 0 Å². The summed E-state index contributed by atoms with van der Waals surface area (Å²) < 4.78 is 1.96. The number of hydrogen-bond acceptors (Lipinski definition) is 3. The van der Waals surface area contributed by atoms with Gasteiger partial charge in [-0.25, -0.2) is 0 Å². The average molecular weight is 349 g/mol. The molecular formula is C19H36N6. The summed E-state index contributed by atoms with van der Waals surface area (Å²) in [6.45, 7) is 15.0. The van der Waals surface area contributed by atoms with E-state index in [1.807, 2.05) is 23.1 Å². The molecule has 1 aliphatic rings. The number of guanidine groups is 1. The average Bonchev–Trinajstić information content (AvgIpc) is 3.10. The van der Waals surface area contributed by atoms with Crippen LogP contribution in [0.15, 0.2) is 23.5 Å². The molecule has 0 radical (unpaired) electrons. The molecule has 0 saturated carbocycles. The molecule has 0 aliphatic carbocycles. The van der Waals surface area contributed by atoms with Gasteiger partial charge in [-0.3, -0.25) is 14.6 Å². The lowest BCUT2D eigenvalue weighted by atomic mass is 9.94. The molecule has 1 saturated heterocycles. The Morgan fingerprint density at radius 3 is 2.88 bits per heavy atom. The lowest BCUT2D eigenvalue weighted by Crippen LogP contribution is -2.51. The van der Waals surface area contributed by atoms with Crippen molar-refractivity contribution < 1.29 is 0 Å². The highest BCUT2D eigenvalue weighted by Gasteiger charge is 2.29. The van der Waals surface area contributed by atoms with Crippen molar-refractivity contribution in [2.75, 3.05) is 32.7 Å². The molecule has 25 heavy (non-hydrogen) atoms. The number of likely N-dealkylation sites (tertiary alicyclic amines) is 1. The van der Waals surface area contributed by atoms with Gasteiger partial charge in [-0.2, -0.15) is 5.10 Å². The van der Waals surface area contributed by atoms with Crippen LogP contribution in [0.2, 0.25) is 0 Å². The standard InChI is InChI=1S/C19H36N6/c1-5-20-18(21-10-7-13-25-14-8-11-23-25)22-16-19(3,4)24-12-6-9-17(2)15-24/h8,11,14,17H,5-7,9-10,12-13,15-16H2,1-4H3,(H2,20,21,22). The van der Waals surface area contributed by atoms with Gasteiger partial charge in [0.25, 0.3) is 0 Å². The molecule has 1 unspecified atom stereocenters. The van der Waals surface area contributed by atoms with Crippen LogP contribution in [0.5, 0.6) is 0 Å². The van der Waals surface area contributed by atoms with Gasteiger partial charge in [0, 0.05) is 44.1 Å². The van der Waals surface area contributed by atoms with E-state index in [2.05, 4.69) is 48.3 Å². The van der Waals surface area contributed by atoms with Gasteiger partial charge >= 0.3 is 0 Å². The smallest absolute Gasteiger partial charge is 0.191 e. The lowest BCUT2D eigenvalue weighted by Gasteiger charge is -2.42. The molecule has 1 aromatic rings. The summed E-state index contributed by atoms with van der Waals surface area (Å²) in [5.74, 6) is 1.71. The molecule has 1 aliphatic heterocycles. The molecule has 142 valence electrons. The van der Waals surface area contributed by atoms with E-state index in [-0.39, 0.29) is 5.54 Å². The van der Waals surface area contributed by atoms with Crippen molar-refractivity contribution in [2.45, 2.75) is 59.0 Å². The first kappa shape index (κ1) is 19.8. The van der Waals surface area contributed by atoms with Crippen LogP contribution >= 0.6 is 0 Å². The molecule has 2 heterocycles. The van der Waals surface area contributed by atoms with Crippen LogP contribution in [0, 0.1) is 5.92 Å².